The first kappa shape index (κ1) is 22.3. The minimum atomic E-state index is -3.77. The lowest BCUT2D eigenvalue weighted by molar-refractivity contribution is -0.130. The number of benzene rings is 2. The van der Waals surface area contributed by atoms with Crippen LogP contribution in [0.4, 0.5) is 0 Å². The van der Waals surface area contributed by atoms with E-state index in [-0.39, 0.29) is 17.4 Å². The molecule has 0 saturated carbocycles. The fourth-order valence-electron chi connectivity index (χ4n) is 2.17. The molecule has 0 heterocycles. The van der Waals surface area contributed by atoms with Crippen molar-refractivity contribution in [3.05, 3.63) is 60.7 Å². The highest BCUT2D eigenvalue weighted by Gasteiger charge is 2.14. The van der Waals surface area contributed by atoms with Crippen LogP contribution in [0.2, 0.25) is 0 Å². The summed E-state index contributed by atoms with van der Waals surface area (Å²) in [5.74, 6) is 0.967. The lowest BCUT2D eigenvalue weighted by Crippen LogP contribution is -2.35. The van der Waals surface area contributed by atoms with Crippen molar-refractivity contribution >= 4 is 21.6 Å². The third-order valence-electron chi connectivity index (χ3n) is 3.85. The predicted octanol–water partition coefficient (Wildman–Crippen LogP) is 2.01. The van der Waals surface area contributed by atoms with Crippen molar-refractivity contribution in [1.82, 2.24) is 15.2 Å². The molecule has 0 aromatic heterocycles. The molecule has 0 fully saturated rings. The Morgan fingerprint density at radius 3 is 2.10 bits per heavy atom. The van der Waals surface area contributed by atoms with Crippen LogP contribution < -0.4 is 19.7 Å². The van der Waals surface area contributed by atoms with Gasteiger partial charge in [0.1, 0.15) is 11.5 Å². The second-order valence-corrected chi connectivity index (χ2v) is 7.90. The summed E-state index contributed by atoms with van der Waals surface area (Å²) in [6.07, 6.45) is 0. The molecule has 2 aromatic carbocycles. The van der Waals surface area contributed by atoms with Crippen LogP contribution in [0.15, 0.2) is 60.0 Å². The van der Waals surface area contributed by atoms with E-state index in [1.54, 1.807) is 50.5 Å². The fraction of sp³-hybridized carbons (Fsp3) is 0.250. The van der Waals surface area contributed by atoms with Crippen LogP contribution in [0.3, 0.4) is 0 Å². The Bertz CT molecular complexity index is 939. The summed E-state index contributed by atoms with van der Waals surface area (Å²) in [5.41, 5.74) is 3.61. The van der Waals surface area contributed by atoms with Gasteiger partial charge in [0.15, 0.2) is 6.61 Å². The molecule has 2 N–H and O–H groups in total. The molecule has 0 atom stereocenters. The maximum absolute atomic E-state index is 12.4. The first-order valence-electron chi connectivity index (χ1n) is 8.86. The van der Waals surface area contributed by atoms with Crippen molar-refractivity contribution in [3.63, 3.8) is 0 Å². The van der Waals surface area contributed by atoms with Crippen LogP contribution in [0.1, 0.15) is 12.5 Å². The molecule has 0 spiro atoms. The number of hydrogen-bond donors (Lipinski definition) is 2. The summed E-state index contributed by atoms with van der Waals surface area (Å²) in [7, 11) is -0.471. The minimum Gasteiger partial charge on any atom is -0.494 e. The third-order valence-corrected chi connectivity index (χ3v) is 5.11. The Morgan fingerprint density at radius 1 is 1.00 bits per heavy atom. The van der Waals surface area contributed by atoms with E-state index in [4.69, 9.17) is 9.47 Å². The standard InChI is InChI=1S/C20H25N3O5S/c1-5-27-17-10-12-19(13-11-17)29(25,26)22-21-15(2)16-6-8-18(9-7-16)28-14-20(24)23(3)4/h6-13,21-22H,2,5,14H2,1,3-4H3. The molecule has 156 valence electrons. The van der Waals surface area contributed by atoms with Gasteiger partial charge in [0.25, 0.3) is 15.9 Å². The topological polar surface area (TPSA) is 97.0 Å². The molecule has 0 radical (unpaired) electrons. The molecular weight excluding hydrogens is 394 g/mol. The SMILES string of the molecule is C=C(NNS(=O)(=O)c1ccc(OCC)cc1)c1ccc(OCC(=O)N(C)C)cc1. The third kappa shape index (κ3) is 6.51. The molecule has 0 bridgehead atoms. The second kappa shape index (κ2) is 9.94. The van der Waals surface area contributed by atoms with E-state index in [1.165, 1.54) is 17.0 Å². The van der Waals surface area contributed by atoms with Gasteiger partial charge in [0.2, 0.25) is 0 Å². The Morgan fingerprint density at radius 2 is 1.55 bits per heavy atom. The number of rotatable bonds is 10. The van der Waals surface area contributed by atoms with Gasteiger partial charge in [-0.3, -0.25) is 4.79 Å². The van der Waals surface area contributed by atoms with E-state index in [0.29, 0.717) is 29.4 Å². The summed E-state index contributed by atoms with van der Waals surface area (Å²) in [6.45, 7) is 6.12. The summed E-state index contributed by atoms with van der Waals surface area (Å²) in [4.78, 5) is 15.4. The van der Waals surface area contributed by atoms with Gasteiger partial charge in [-0.15, -0.1) is 4.83 Å². The van der Waals surface area contributed by atoms with Gasteiger partial charge >= 0.3 is 0 Å². The molecule has 1 amide bonds. The van der Waals surface area contributed by atoms with Crippen molar-refractivity contribution in [2.75, 3.05) is 27.3 Å². The largest absolute Gasteiger partial charge is 0.494 e. The van der Waals surface area contributed by atoms with E-state index in [2.05, 4.69) is 16.8 Å². The Hall–Kier alpha value is -3.04. The summed E-state index contributed by atoms with van der Waals surface area (Å²) in [6, 6.07) is 12.8. The fourth-order valence-corrected chi connectivity index (χ4v) is 3.04. The number of carbonyl (C=O) groups excluding carboxylic acids is 1. The van der Waals surface area contributed by atoms with E-state index in [0.717, 1.165) is 0 Å². The van der Waals surface area contributed by atoms with Gasteiger partial charge in [-0.25, -0.2) is 8.42 Å². The smallest absolute Gasteiger partial charge is 0.259 e. The molecule has 2 rings (SSSR count). The molecule has 0 aliphatic heterocycles. The van der Waals surface area contributed by atoms with Crippen LogP contribution in [-0.4, -0.2) is 46.5 Å². The molecule has 0 aliphatic carbocycles. The highest BCUT2D eigenvalue weighted by atomic mass is 32.2. The number of hydrogen-bond acceptors (Lipinski definition) is 6. The van der Waals surface area contributed by atoms with Crippen molar-refractivity contribution < 1.29 is 22.7 Å². The number of amides is 1. The Kier molecular flexibility index (Phi) is 7.63. The molecule has 2 aromatic rings. The number of nitrogens with zero attached hydrogens (tertiary/aromatic N) is 1. The van der Waals surface area contributed by atoms with Crippen LogP contribution in [0.25, 0.3) is 5.70 Å². The Labute approximate surface area is 171 Å². The monoisotopic (exact) mass is 419 g/mol. The van der Waals surface area contributed by atoms with Gasteiger partial charge in [-0.1, -0.05) is 6.58 Å². The van der Waals surface area contributed by atoms with E-state index < -0.39 is 10.0 Å². The maximum Gasteiger partial charge on any atom is 0.259 e. The summed E-state index contributed by atoms with van der Waals surface area (Å²) >= 11 is 0. The van der Waals surface area contributed by atoms with Gasteiger partial charge in [0.05, 0.1) is 11.5 Å². The van der Waals surface area contributed by atoms with Gasteiger partial charge in [0, 0.05) is 19.8 Å². The molecule has 9 heteroatoms. The average Bonchev–Trinajstić information content (AvgIpc) is 2.71. The lowest BCUT2D eigenvalue weighted by atomic mass is 10.2. The highest BCUT2D eigenvalue weighted by molar-refractivity contribution is 7.89. The number of nitrogens with one attached hydrogen (secondary N) is 2. The zero-order valence-electron chi connectivity index (χ0n) is 16.6. The van der Waals surface area contributed by atoms with Crippen molar-refractivity contribution in [3.8, 4) is 11.5 Å². The zero-order valence-corrected chi connectivity index (χ0v) is 17.5. The van der Waals surface area contributed by atoms with Gasteiger partial charge in [-0.2, -0.15) is 0 Å². The van der Waals surface area contributed by atoms with Gasteiger partial charge in [-0.05, 0) is 61.0 Å². The lowest BCUT2D eigenvalue weighted by Gasteiger charge is -2.13. The van der Waals surface area contributed by atoms with Crippen molar-refractivity contribution in [2.24, 2.45) is 0 Å². The number of ether oxygens (including phenoxy) is 2. The summed E-state index contributed by atoms with van der Waals surface area (Å²) in [5, 5.41) is 0. The van der Waals surface area contributed by atoms with Crippen molar-refractivity contribution in [2.45, 2.75) is 11.8 Å². The average molecular weight is 420 g/mol. The molecule has 0 saturated heterocycles. The van der Waals surface area contributed by atoms with E-state index in [1.807, 2.05) is 6.92 Å². The maximum atomic E-state index is 12.4. The van der Waals surface area contributed by atoms with Crippen LogP contribution in [0, 0.1) is 0 Å². The first-order chi connectivity index (χ1) is 13.7. The minimum absolute atomic E-state index is 0.0621. The summed E-state index contributed by atoms with van der Waals surface area (Å²) < 4.78 is 35.5. The highest BCUT2D eigenvalue weighted by Crippen LogP contribution is 2.18. The molecule has 8 nitrogen and oxygen atoms in total. The molecule has 29 heavy (non-hydrogen) atoms. The quantitative estimate of drug-likeness (QED) is 0.572. The van der Waals surface area contributed by atoms with Crippen molar-refractivity contribution in [1.29, 1.82) is 0 Å². The molecule has 0 aliphatic rings. The number of sulfonamides is 1. The van der Waals surface area contributed by atoms with E-state index in [9.17, 15) is 13.2 Å². The van der Waals surface area contributed by atoms with E-state index >= 15 is 0 Å². The zero-order chi connectivity index (χ0) is 21.4. The van der Waals surface area contributed by atoms with Crippen LogP contribution in [0.5, 0.6) is 11.5 Å². The van der Waals surface area contributed by atoms with Crippen LogP contribution in [-0.2, 0) is 14.8 Å². The Balaban J connectivity index is 1.93. The number of likely N-dealkylation sites (N-methyl/N-ethyl adjacent to an activating group) is 1. The normalized spacial score (nSPS) is 10.9. The molecule has 0 unspecified atom stereocenters. The predicted molar refractivity (Wildman–Crippen MR) is 111 cm³/mol. The molecular formula is C20H25N3O5S. The first-order valence-corrected chi connectivity index (χ1v) is 10.3. The van der Waals surface area contributed by atoms with Gasteiger partial charge < -0.3 is 19.8 Å². The second-order valence-electron chi connectivity index (χ2n) is 6.21. The number of carbonyl (C=O) groups is 1. The van der Waals surface area contributed by atoms with Crippen LogP contribution >= 0.6 is 0 Å². The number of hydrazine groups is 1.